The predicted octanol–water partition coefficient (Wildman–Crippen LogP) is 3.66. The zero-order valence-electron chi connectivity index (χ0n) is 14.8. The molecule has 0 bridgehead atoms. The number of hydrogen-bond donors (Lipinski definition) is 1. The van der Waals surface area contributed by atoms with Gasteiger partial charge in [-0.15, -0.1) is 0 Å². The fraction of sp³-hybridized carbons (Fsp3) is 0.421. The van der Waals surface area contributed by atoms with Crippen molar-refractivity contribution in [3.8, 4) is 0 Å². The van der Waals surface area contributed by atoms with Crippen LogP contribution in [0.2, 0.25) is 0 Å². The second-order valence-electron chi connectivity index (χ2n) is 7.37. The second kappa shape index (κ2) is 6.70. The molecule has 1 aliphatic rings. The molecule has 1 fully saturated rings. The molecule has 6 heteroatoms. The van der Waals surface area contributed by atoms with Crippen LogP contribution in [0, 0.1) is 0 Å². The van der Waals surface area contributed by atoms with Crippen LogP contribution in [0.3, 0.4) is 0 Å². The topological polar surface area (TPSA) is 73.2 Å². The van der Waals surface area contributed by atoms with Gasteiger partial charge in [-0.25, -0.2) is 15.0 Å². The average Bonchev–Trinajstić information content (AvgIpc) is 3.19. The highest BCUT2D eigenvalue weighted by atomic mass is 16.7. The molecule has 1 N–H and O–H groups in total. The van der Waals surface area contributed by atoms with Gasteiger partial charge in [0.2, 0.25) is 0 Å². The maximum absolute atomic E-state index is 12.1. The van der Waals surface area contributed by atoms with E-state index in [-0.39, 0.29) is 17.2 Å². The molecule has 1 saturated carbocycles. The number of ketones is 1. The highest BCUT2D eigenvalue weighted by Crippen LogP contribution is 2.34. The van der Waals surface area contributed by atoms with Crippen molar-refractivity contribution < 1.29 is 14.4 Å². The van der Waals surface area contributed by atoms with Gasteiger partial charge in [0.25, 0.3) is 0 Å². The molecule has 1 unspecified atom stereocenters. The molecule has 0 amide bonds. The van der Waals surface area contributed by atoms with E-state index < -0.39 is 5.97 Å². The molecule has 0 aliphatic heterocycles. The Morgan fingerprint density at radius 1 is 1.28 bits per heavy atom. The number of anilines is 1. The Balaban J connectivity index is 1.78. The lowest BCUT2D eigenvalue weighted by molar-refractivity contribution is -0.117. The fourth-order valence-electron chi connectivity index (χ4n) is 2.98. The summed E-state index contributed by atoms with van der Waals surface area (Å²) in [4.78, 5) is 28.9. The lowest BCUT2D eigenvalue weighted by atomic mass is 10.0. The second-order valence-corrected chi connectivity index (χ2v) is 7.37. The number of benzene rings is 1. The van der Waals surface area contributed by atoms with Crippen molar-refractivity contribution in [1.29, 1.82) is 0 Å². The van der Waals surface area contributed by atoms with Gasteiger partial charge in [-0.3, -0.25) is 4.79 Å². The molecule has 1 aliphatic carbocycles. The number of aromatic nitrogens is 2. The van der Waals surface area contributed by atoms with Crippen molar-refractivity contribution in [2.24, 2.45) is 0 Å². The van der Waals surface area contributed by atoms with Crippen molar-refractivity contribution in [1.82, 2.24) is 9.78 Å². The SMILES string of the molecule is CC(C)(C)n1nc(C2CCC(=O)C2)cc1NOC(=O)c1ccccc1. The monoisotopic (exact) mass is 341 g/mol. The third-order valence-corrected chi connectivity index (χ3v) is 4.29. The molecule has 1 aromatic heterocycles. The van der Waals surface area contributed by atoms with E-state index >= 15 is 0 Å². The number of carbonyl (C=O) groups excluding carboxylic acids is 2. The largest absolute Gasteiger partial charge is 0.362 e. The van der Waals surface area contributed by atoms with E-state index in [1.165, 1.54) is 0 Å². The zero-order valence-corrected chi connectivity index (χ0v) is 14.8. The number of Topliss-reactive ketones (excluding diaryl/α,β-unsaturated/α-hetero) is 1. The Morgan fingerprint density at radius 3 is 2.60 bits per heavy atom. The van der Waals surface area contributed by atoms with E-state index in [2.05, 4.69) is 10.6 Å². The van der Waals surface area contributed by atoms with Crippen molar-refractivity contribution in [2.75, 3.05) is 5.48 Å². The minimum absolute atomic E-state index is 0.140. The van der Waals surface area contributed by atoms with Crippen LogP contribution in [0.4, 0.5) is 5.82 Å². The fourth-order valence-corrected chi connectivity index (χ4v) is 2.98. The number of nitrogens with one attached hydrogen (secondary N) is 1. The molecule has 2 aromatic rings. The molecule has 0 spiro atoms. The highest BCUT2D eigenvalue weighted by molar-refractivity contribution is 5.89. The molecule has 1 heterocycles. The maximum Gasteiger partial charge on any atom is 0.362 e. The summed E-state index contributed by atoms with van der Waals surface area (Å²) in [5.74, 6) is 0.563. The lowest BCUT2D eigenvalue weighted by Gasteiger charge is -2.22. The molecule has 132 valence electrons. The highest BCUT2D eigenvalue weighted by Gasteiger charge is 2.29. The molecule has 3 rings (SSSR count). The van der Waals surface area contributed by atoms with Crippen LogP contribution in [-0.2, 0) is 15.2 Å². The Bertz CT molecular complexity index is 775. The maximum atomic E-state index is 12.1. The normalized spacial score (nSPS) is 17.6. The first kappa shape index (κ1) is 17.2. The van der Waals surface area contributed by atoms with E-state index in [0.29, 0.717) is 24.2 Å². The smallest absolute Gasteiger partial charge is 0.336 e. The quantitative estimate of drug-likeness (QED) is 0.859. The van der Waals surface area contributed by atoms with Crippen molar-refractivity contribution in [3.63, 3.8) is 0 Å². The van der Waals surface area contributed by atoms with Gasteiger partial charge in [0, 0.05) is 24.8 Å². The summed E-state index contributed by atoms with van der Waals surface area (Å²) in [6.07, 6.45) is 1.96. The first-order valence-electron chi connectivity index (χ1n) is 8.49. The summed E-state index contributed by atoms with van der Waals surface area (Å²) in [5.41, 5.74) is 3.78. The summed E-state index contributed by atoms with van der Waals surface area (Å²) < 4.78 is 1.80. The van der Waals surface area contributed by atoms with Gasteiger partial charge < -0.3 is 4.84 Å². The molecule has 25 heavy (non-hydrogen) atoms. The van der Waals surface area contributed by atoms with E-state index in [0.717, 1.165) is 12.1 Å². The number of rotatable bonds is 4. The van der Waals surface area contributed by atoms with Crippen LogP contribution in [0.15, 0.2) is 36.4 Å². The predicted molar refractivity (Wildman–Crippen MR) is 94.3 cm³/mol. The van der Waals surface area contributed by atoms with Gasteiger partial charge in [-0.2, -0.15) is 5.10 Å². The van der Waals surface area contributed by atoms with Gasteiger partial charge in [0.1, 0.15) is 5.78 Å². The van der Waals surface area contributed by atoms with E-state index in [1.54, 1.807) is 28.9 Å². The van der Waals surface area contributed by atoms with E-state index in [1.807, 2.05) is 32.9 Å². The minimum Gasteiger partial charge on any atom is -0.336 e. The first-order valence-corrected chi connectivity index (χ1v) is 8.49. The van der Waals surface area contributed by atoms with Gasteiger partial charge in [-0.1, -0.05) is 18.2 Å². The summed E-state index contributed by atoms with van der Waals surface area (Å²) in [5, 5.41) is 4.66. The van der Waals surface area contributed by atoms with E-state index in [4.69, 9.17) is 4.84 Å². The lowest BCUT2D eigenvalue weighted by Crippen LogP contribution is -2.26. The van der Waals surface area contributed by atoms with Gasteiger partial charge >= 0.3 is 5.97 Å². The summed E-state index contributed by atoms with van der Waals surface area (Å²) in [6.45, 7) is 6.06. The average molecular weight is 341 g/mol. The minimum atomic E-state index is -0.458. The van der Waals surface area contributed by atoms with Crippen LogP contribution in [0.5, 0.6) is 0 Å². The van der Waals surface area contributed by atoms with Crippen LogP contribution in [-0.4, -0.2) is 21.5 Å². The molecule has 6 nitrogen and oxygen atoms in total. The Kier molecular flexibility index (Phi) is 4.61. The zero-order chi connectivity index (χ0) is 18.0. The number of nitrogens with zero attached hydrogens (tertiary/aromatic N) is 2. The van der Waals surface area contributed by atoms with Crippen LogP contribution in [0.25, 0.3) is 0 Å². The summed E-state index contributed by atoms with van der Waals surface area (Å²) in [7, 11) is 0. The Hall–Kier alpha value is -2.63. The van der Waals surface area contributed by atoms with Crippen molar-refractivity contribution >= 4 is 17.6 Å². The van der Waals surface area contributed by atoms with Gasteiger partial charge in [-0.05, 0) is 39.3 Å². The Labute approximate surface area is 147 Å². The Morgan fingerprint density at radius 2 is 2.00 bits per heavy atom. The molecular weight excluding hydrogens is 318 g/mol. The first-order chi connectivity index (χ1) is 11.8. The van der Waals surface area contributed by atoms with E-state index in [9.17, 15) is 9.59 Å². The van der Waals surface area contributed by atoms with Gasteiger partial charge in [0.15, 0.2) is 5.82 Å². The van der Waals surface area contributed by atoms with Crippen LogP contribution >= 0.6 is 0 Å². The van der Waals surface area contributed by atoms with Crippen molar-refractivity contribution in [2.45, 2.75) is 51.5 Å². The third kappa shape index (κ3) is 3.90. The van der Waals surface area contributed by atoms with Gasteiger partial charge in [0.05, 0.1) is 16.8 Å². The van der Waals surface area contributed by atoms with Crippen molar-refractivity contribution in [3.05, 3.63) is 47.7 Å². The molecule has 1 atom stereocenters. The molecule has 0 saturated heterocycles. The van der Waals surface area contributed by atoms with Crippen LogP contribution < -0.4 is 5.48 Å². The molecular formula is C19H23N3O3. The number of hydrogen-bond acceptors (Lipinski definition) is 5. The van der Waals surface area contributed by atoms with Crippen LogP contribution in [0.1, 0.15) is 62.0 Å². The molecule has 1 aromatic carbocycles. The standard InChI is InChI=1S/C19H23N3O3/c1-19(2,3)22-17(12-16(20-22)14-9-10-15(23)11-14)21-25-18(24)13-7-5-4-6-8-13/h4-8,12,14,21H,9-11H2,1-3H3. The molecule has 0 radical (unpaired) electrons. The summed E-state index contributed by atoms with van der Waals surface area (Å²) in [6, 6.07) is 10.7. The number of carbonyl (C=O) groups is 2. The third-order valence-electron chi connectivity index (χ3n) is 4.29. The summed E-state index contributed by atoms with van der Waals surface area (Å²) >= 11 is 0.